The van der Waals surface area contributed by atoms with E-state index in [2.05, 4.69) is 15.5 Å². The maximum Gasteiger partial charge on any atom is 0.324 e. The monoisotopic (exact) mass is 318 g/mol. The van der Waals surface area contributed by atoms with Crippen molar-refractivity contribution in [1.82, 2.24) is 15.1 Å². The number of aliphatic hydroxyl groups excluding tert-OH is 1. The normalized spacial score (nSPS) is 17.2. The fourth-order valence-electron chi connectivity index (χ4n) is 2.70. The first-order chi connectivity index (χ1) is 10.7. The third-order valence-electron chi connectivity index (χ3n) is 3.83. The number of carbonyl (C=O) groups excluding carboxylic acids is 1. The molecule has 1 aliphatic rings. The average Bonchev–Trinajstić information content (AvgIpc) is 3.01. The number of rotatable bonds is 3. The number of aromatic nitrogens is 2. The standard InChI is InChI=1S/C15H18N4O2S/c1-2-13-17-18-14(22-13)16-15(21)19-8-7-10-5-3-4-6-11(10)12(19)9-20/h3-6,12,20H,2,7-9H2,1H3,(H,16,18,21). The van der Waals surface area contributed by atoms with Crippen LogP contribution in [0.25, 0.3) is 0 Å². The fourth-order valence-corrected chi connectivity index (χ4v) is 3.37. The Morgan fingerprint density at radius 3 is 3.00 bits per heavy atom. The third kappa shape index (κ3) is 2.82. The van der Waals surface area contributed by atoms with Gasteiger partial charge in [-0.05, 0) is 24.0 Å². The van der Waals surface area contributed by atoms with E-state index in [0.717, 1.165) is 23.4 Å². The van der Waals surface area contributed by atoms with E-state index in [1.165, 1.54) is 16.9 Å². The average molecular weight is 318 g/mol. The predicted octanol–water partition coefficient (Wildman–Crippen LogP) is 2.22. The molecule has 1 aliphatic heterocycles. The zero-order valence-electron chi connectivity index (χ0n) is 12.3. The molecule has 116 valence electrons. The van der Waals surface area contributed by atoms with E-state index in [-0.39, 0.29) is 18.7 Å². The van der Waals surface area contributed by atoms with Crippen molar-refractivity contribution in [3.8, 4) is 0 Å². The van der Waals surface area contributed by atoms with Crippen molar-refractivity contribution in [2.45, 2.75) is 25.8 Å². The highest BCUT2D eigenvalue weighted by Crippen LogP contribution is 2.30. The van der Waals surface area contributed by atoms with E-state index >= 15 is 0 Å². The number of anilines is 1. The molecule has 2 aromatic rings. The van der Waals surface area contributed by atoms with Crippen molar-refractivity contribution in [3.63, 3.8) is 0 Å². The lowest BCUT2D eigenvalue weighted by atomic mass is 9.93. The first-order valence-corrected chi connectivity index (χ1v) is 8.13. The Bertz CT molecular complexity index is 673. The van der Waals surface area contributed by atoms with Gasteiger partial charge in [-0.1, -0.05) is 42.5 Å². The van der Waals surface area contributed by atoms with Gasteiger partial charge < -0.3 is 10.0 Å². The van der Waals surface area contributed by atoms with Crippen molar-refractivity contribution in [3.05, 3.63) is 40.4 Å². The highest BCUT2D eigenvalue weighted by atomic mass is 32.1. The van der Waals surface area contributed by atoms with E-state index in [9.17, 15) is 9.90 Å². The van der Waals surface area contributed by atoms with Gasteiger partial charge in [0.25, 0.3) is 0 Å². The van der Waals surface area contributed by atoms with Crippen LogP contribution < -0.4 is 5.32 Å². The van der Waals surface area contributed by atoms with Gasteiger partial charge in [0, 0.05) is 6.54 Å². The zero-order valence-corrected chi connectivity index (χ0v) is 13.1. The van der Waals surface area contributed by atoms with Gasteiger partial charge in [-0.3, -0.25) is 5.32 Å². The Kier molecular flexibility index (Phi) is 4.35. The van der Waals surface area contributed by atoms with E-state index in [4.69, 9.17) is 0 Å². The third-order valence-corrected chi connectivity index (χ3v) is 4.81. The maximum atomic E-state index is 12.5. The van der Waals surface area contributed by atoms with Gasteiger partial charge >= 0.3 is 6.03 Å². The zero-order chi connectivity index (χ0) is 15.5. The summed E-state index contributed by atoms with van der Waals surface area (Å²) in [5.74, 6) is 0. The van der Waals surface area contributed by atoms with Gasteiger partial charge in [-0.15, -0.1) is 10.2 Å². The van der Waals surface area contributed by atoms with Crippen molar-refractivity contribution < 1.29 is 9.90 Å². The minimum absolute atomic E-state index is 0.0965. The van der Waals surface area contributed by atoms with Crippen molar-refractivity contribution in [1.29, 1.82) is 0 Å². The van der Waals surface area contributed by atoms with Crippen LogP contribution in [0.1, 0.15) is 29.1 Å². The smallest absolute Gasteiger partial charge is 0.324 e. The lowest BCUT2D eigenvalue weighted by Crippen LogP contribution is -2.43. The molecule has 0 radical (unpaired) electrons. The van der Waals surface area contributed by atoms with Crippen molar-refractivity contribution in [2.75, 3.05) is 18.5 Å². The molecule has 22 heavy (non-hydrogen) atoms. The Balaban J connectivity index is 1.77. The SMILES string of the molecule is CCc1nnc(NC(=O)N2CCc3ccccc3C2CO)s1. The number of amides is 2. The van der Waals surface area contributed by atoms with Crippen LogP contribution in [0.5, 0.6) is 0 Å². The Labute approximate surface area is 132 Å². The predicted molar refractivity (Wildman–Crippen MR) is 85.0 cm³/mol. The second kappa shape index (κ2) is 6.41. The molecule has 2 heterocycles. The molecule has 2 amide bonds. The molecular weight excluding hydrogens is 300 g/mol. The minimum atomic E-state index is -0.316. The minimum Gasteiger partial charge on any atom is -0.394 e. The number of nitrogens with zero attached hydrogens (tertiary/aromatic N) is 3. The molecule has 3 rings (SSSR count). The van der Waals surface area contributed by atoms with Crippen LogP contribution in [0, 0.1) is 0 Å². The van der Waals surface area contributed by atoms with Crippen LogP contribution in [-0.4, -0.2) is 39.4 Å². The first kappa shape index (κ1) is 14.9. The highest BCUT2D eigenvalue weighted by molar-refractivity contribution is 7.15. The molecule has 1 aromatic heterocycles. The molecule has 7 heteroatoms. The first-order valence-electron chi connectivity index (χ1n) is 7.31. The fraction of sp³-hybridized carbons (Fsp3) is 0.400. The molecule has 2 N–H and O–H groups in total. The molecule has 1 unspecified atom stereocenters. The molecule has 0 aliphatic carbocycles. The summed E-state index contributed by atoms with van der Waals surface area (Å²) in [5, 5.41) is 21.8. The summed E-state index contributed by atoms with van der Waals surface area (Å²) in [5.41, 5.74) is 2.20. The van der Waals surface area contributed by atoms with Crippen LogP contribution in [0.15, 0.2) is 24.3 Å². The molecular formula is C15H18N4O2S. The van der Waals surface area contributed by atoms with Crippen LogP contribution in [0.4, 0.5) is 9.93 Å². The molecule has 0 saturated carbocycles. The Morgan fingerprint density at radius 1 is 1.45 bits per heavy atom. The summed E-state index contributed by atoms with van der Waals surface area (Å²) < 4.78 is 0. The Morgan fingerprint density at radius 2 is 2.27 bits per heavy atom. The van der Waals surface area contributed by atoms with E-state index < -0.39 is 0 Å². The van der Waals surface area contributed by atoms with Gasteiger partial charge in [0.2, 0.25) is 5.13 Å². The largest absolute Gasteiger partial charge is 0.394 e. The molecule has 6 nitrogen and oxygen atoms in total. The number of urea groups is 1. The van der Waals surface area contributed by atoms with Gasteiger partial charge in [0.1, 0.15) is 5.01 Å². The van der Waals surface area contributed by atoms with E-state index in [1.54, 1.807) is 4.90 Å². The number of nitrogens with one attached hydrogen (secondary N) is 1. The Hall–Kier alpha value is -1.99. The molecule has 0 fully saturated rings. The maximum absolute atomic E-state index is 12.5. The number of fused-ring (bicyclic) bond motifs is 1. The van der Waals surface area contributed by atoms with Gasteiger partial charge in [0.15, 0.2) is 0 Å². The van der Waals surface area contributed by atoms with E-state index in [0.29, 0.717) is 11.7 Å². The topological polar surface area (TPSA) is 78.4 Å². The van der Waals surface area contributed by atoms with Crippen LogP contribution in [-0.2, 0) is 12.8 Å². The number of aryl methyl sites for hydroxylation is 1. The summed E-state index contributed by atoms with van der Waals surface area (Å²) in [6.07, 6.45) is 1.58. The number of hydrogen-bond donors (Lipinski definition) is 2. The van der Waals surface area contributed by atoms with Gasteiger partial charge in [-0.25, -0.2) is 4.79 Å². The molecule has 0 saturated heterocycles. The van der Waals surface area contributed by atoms with Crippen LogP contribution in [0.3, 0.4) is 0 Å². The number of carbonyl (C=O) groups is 1. The molecule has 1 atom stereocenters. The molecule has 1 aromatic carbocycles. The molecule has 0 spiro atoms. The van der Waals surface area contributed by atoms with Gasteiger partial charge in [0.05, 0.1) is 12.6 Å². The van der Waals surface area contributed by atoms with E-state index in [1.807, 2.05) is 31.2 Å². The quantitative estimate of drug-likeness (QED) is 0.909. The van der Waals surface area contributed by atoms with Crippen LogP contribution in [0.2, 0.25) is 0 Å². The second-order valence-electron chi connectivity index (χ2n) is 5.13. The van der Waals surface area contributed by atoms with Crippen molar-refractivity contribution >= 4 is 22.5 Å². The summed E-state index contributed by atoms with van der Waals surface area (Å²) in [6, 6.07) is 7.37. The second-order valence-corrected chi connectivity index (χ2v) is 6.19. The molecule has 0 bridgehead atoms. The lowest BCUT2D eigenvalue weighted by Gasteiger charge is -2.36. The summed E-state index contributed by atoms with van der Waals surface area (Å²) >= 11 is 1.38. The van der Waals surface area contributed by atoms with Crippen molar-refractivity contribution in [2.24, 2.45) is 0 Å². The lowest BCUT2D eigenvalue weighted by molar-refractivity contribution is 0.135. The van der Waals surface area contributed by atoms with Gasteiger partial charge in [-0.2, -0.15) is 0 Å². The summed E-state index contributed by atoms with van der Waals surface area (Å²) in [7, 11) is 0. The highest BCUT2D eigenvalue weighted by Gasteiger charge is 2.30. The summed E-state index contributed by atoms with van der Waals surface area (Å²) in [4.78, 5) is 14.1. The number of aliphatic hydroxyl groups is 1. The summed E-state index contributed by atoms with van der Waals surface area (Å²) in [6.45, 7) is 2.48. The number of hydrogen-bond acceptors (Lipinski definition) is 5. The number of benzene rings is 1. The van der Waals surface area contributed by atoms with Crippen LogP contribution >= 0.6 is 11.3 Å².